The summed E-state index contributed by atoms with van der Waals surface area (Å²) in [5.41, 5.74) is 0.791. The van der Waals surface area contributed by atoms with Crippen molar-refractivity contribution in [1.29, 1.82) is 0 Å². The summed E-state index contributed by atoms with van der Waals surface area (Å²) in [5.74, 6) is -0.112. The average molecular weight is 318 g/mol. The molecule has 6 heteroatoms. The van der Waals surface area contributed by atoms with Crippen molar-refractivity contribution in [3.8, 4) is 5.75 Å². The zero-order valence-electron chi connectivity index (χ0n) is 13.5. The number of methoxy groups -OCH3 is 1. The van der Waals surface area contributed by atoms with Gasteiger partial charge in [-0.1, -0.05) is 18.6 Å². The van der Waals surface area contributed by atoms with Crippen molar-refractivity contribution in [1.82, 2.24) is 4.90 Å². The average Bonchev–Trinajstić information content (AvgIpc) is 3.07. The first kappa shape index (κ1) is 15.6. The standard InChI is InChI=1S/C17H22N2O4/c1-11-5-3-7-13(23-2)14(11)18-16(22)19-9-12-6-4-8-17(12,10-19)15(20)21/h3,5,7,12H,4,6,8-10H2,1-2H3,(H,18,22)(H,20,21)/t12-,17+/m0/s1. The number of amides is 2. The molecule has 2 amide bonds. The SMILES string of the molecule is COc1cccc(C)c1NC(=O)N1C[C@@H]2CCC[C@@]2(C(=O)O)C1. The number of anilines is 1. The molecule has 1 aliphatic heterocycles. The number of benzene rings is 1. The number of ether oxygens (including phenoxy) is 1. The molecule has 2 atom stereocenters. The highest BCUT2D eigenvalue weighted by Gasteiger charge is 2.55. The molecule has 6 nitrogen and oxygen atoms in total. The number of aliphatic carboxylic acids is 1. The third-order valence-electron chi connectivity index (χ3n) is 5.27. The molecule has 1 saturated carbocycles. The van der Waals surface area contributed by atoms with E-state index in [1.54, 1.807) is 18.1 Å². The first-order valence-corrected chi connectivity index (χ1v) is 7.91. The minimum absolute atomic E-state index is 0.0597. The van der Waals surface area contributed by atoms with E-state index in [4.69, 9.17) is 4.74 Å². The highest BCUT2D eigenvalue weighted by molar-refractivity contribution is 5.93. The quantitative estimate of drug-likeness (QED) is 0.898. The zero-order chi connectivity index (χ0) is 16.6. The van der Waals surface area contributed by atoms with Crippen LogP contribution in [0.3, 0.4) is 0 Å². The molecule has 2 fully saturated rings. The summed E-state index contributed by atoms with van der Waals surface area (Å²) >= 11 is 0. The molecule has 1 heterocycles. The molecule has 0 aromatic heterocycles. The Kier molecular flexibility index (Phi) is 3.92. The Morgan fingerprint density at radius 1 is 1.43 bits per heavy atom. The fourth-order valence-corrected chi connectivity index (χ4v) is 3.95. The van der Waals surface area contributed by atoms with Crippen LogP contribution in [0.5, 0.6) is 5.75 Å². The van der Waals surface area contributed by atoms with Crippen LogP contribution in [0, 0.1) is 18.3 Å². The Labute approximate surface area is 135 Å². The fraction of sp³-hybridized carbons (Fsp3) is 0.529. The van der Waals surface area contributed by atoms with Gasteiger partial charge in [-0.15, -0.1) is 0 Å². The van der Waals surface area contributed by atoms with Crippen molar-refractivity contribution in [2.24, 2.45) is 11.3 Å². The van der Waals surface area contributed by atoms with Crippen molar-refractivity contribution < 1.29 is 19.4 Å². The van der Waals surface area contributed by atoms with Gasteiger partial charge in [0.2, 0.25) is 0 Å². The van der Waals surface area contributed by atoms with E-state index in [-0.39, 0.29) is 18.5 Å². The second-order valence-electron chi connectivity index (χ2n) is 6.51. The number of nitrogens with one attached hydrogen (secondary N) is 1. The summed E-state index contributed by atoms with van der Waals surface area (Å²) in [4.78, 5) is 25.9. The maximum atomic E-state index is 12.6. The molecule has 2 aliphatic rings. The molecule has 1 aromatic carbocycles. The second-order valence-corrected chi connectivity index (χ2v) is 6.51. The van der Waals surface area contributed by atoms with E-state index in [0.717, 1.165) is 18.4 Å². The summed E-state index contributed by atoms with van der Waals surface area (Å²) in [6.07, 6.45) is 2.46. The number of urea groups is 1. The Morgan fingerprint density at radius 2 is 2.22 bits per heavy atom. The number of carbonyl (C=O) groups excluding carboxylic acids is 1. The van der Waals surface area contributed by atoms with Crippen molar-refractivity contribution in [3.05, 3.63) is 23.8 Å². The number of fused-ring (bicyclic) bond motifs is 1. The lowest BCUT2D eigenvalue weighted by atomic mass is 9.81. The molecule has 1 aliphatic carbocycles. The number of hydrogen-bond donors (Lipinski definition) is 2. The first-order valence-electron chi connectivity index (χ1n) is 7.91. The number of nitrogens with zero attached hydrogens (tertiary/aromatic N) is 1. The van der Waals surface area contributed by atoms with Crippen LogP contribution in [-0.4, -0.2) is 42.2 Å². The van der Waals surface area contributed by atoms with Crippen LogP contribution >= 0.6 is 0 Å². The van der Waals surface area contributed by atoms with Gasteiger partial charge in [-0.3, -0.25) is 4.79 Å². The van der Waals surface area contributed by atoms with Gasteiger partial charge in [0.05, 0.1) is 18.2 Å². The van der Waals surface area contributed by atoms with E-state index < -0.39 is 11.4 Å². The Balaban J connectivity index is 1.77. The molecule has 23 heavy (non-hydrogen) atoms. The van der Waals surface area contributed by atoms with Crippen molar-refractivity contribution >= 4 is 17.7 Å². The molecule has 3 rings (SSSR count). The van der Waals surface area contributed by atoms with Gasteiger partial charge in [0.1, 0.15) is 5.75 Å². The van der Waals surface area contributed by atoms with Crippen molar-refractivity contribution in [2.45, 2.75) is 26.2 Å². The van der Waals surface area contributed by atoms with Crippen LogP contribution in [0.2, 0.25) is 0 Å². The largest absolute Gasteiger partial charge is 0.495 e. The summed E-state index contributed by atoms with van der Waals surface area (Å²) in [7, 11) is 1.56. The van der Waals surface area contributed by atoms with Gasteiger partial charge in [-0.2, -0.15) is 0 Å². The molecule has 1 saturated heterocycles. The van der Waals surface area contributed by atoms with Gasteiger partial charge in [0.25, 0.3) is 0 Å². The molecule has 0 spiro atoms. The van der Waals surface area contributed by atoms with E-state index in [1.165, 1.54) is 0 Å². The Bertz CT molecular complexity index is 645. The van der Waals surface area contributed by atoms with Gasteiger partial charge < -0.3 is 20.1 Å². The number of likely N-dealkylation sites (tertiary alicyclic amines) is 1. The van der Waals surface area contributed by atoms with E-state index >= 15 is 0 Å². The van der Waals surface area contributed by atoms with E-state index in [1.807, 2.05) is 19.1 Å². The summed E-state index contributed by atoms with van der Waals surface area (Å²) < 4.78 is 5.29. The maximum Gasteiger partial charge on any atom is 0.321 e. The van der Waals surface area contributed by atoms with Crippen LogP contribution < -0.4 is 10.1 Å². The van der Waals surface area contributed by atoms with Crippen LogP contribution in [-0.2, 0) is 4.79 Å². The van der Waals surface area contributed by atoms with Crippen LogP contribution in [0.15, 0.2) is 18.2 Å². The lowest BCUT2D eigenvalue weighted by molar-refractivity contribution is -0.149. The zero-order valence-corrected chi connectivity index (χ0v) is 13.5. The predicted octanol–water partition coefficient (Wildman–Crippen LogP) is 2.72. The van der Waals surface area contributed by atoms with Gasteiger partial charge in [-0.25, -0.2) is 4.79 Å². The number of rotatable bonds is 3. The number of hydrogen-bond acceptors (Lipinski definition) is 3. The van der Waals surface area contributed by atoms with Gasteiger partial charge in [0, 0.05) is 13.1 Å². The number of carboxylic acids is 1. The van der Waals surface area contributed by atoms with Gasteiger partial charge in [-0.05, 0) is 37.3 Å². The van der Waals surface area contributed by atoms with Gasteiger partial charge in [0.15, 0.2) is 0 Å². The second kappa shape index (κ2) is 5.76. The van der Waals surface area contributed by atoms with Crippen LogP contribution in [0.4, 0.5) is 10.5 Å². The molecule has 1 aromatic rings. The third kappa shape index (κ3) is 2.52. The Morgan fingerprint density at radius 3 is 2.87 bits per heavy atom. The van der Waals surface area contributed by atoms with Crippen LogP contribution in [0.1, 0.15) is 24.8 Å². The third-order valence-corrected chi connectivity index (χ3v) is 5.27. The molecule has 124 valence electrons. The topological polar surface area (TPSA) is 78.9 Å². The molecular weight excluding hydrogens is 296 g/mol. The summed E-state index contributed by atoms with van der Waals surface area (Å²) in [5, 5.41) is 12.5. The minimum Gasteiger partial charge on any atom is -0.495 e. The normalized spacial score (nSPS) is 26.0. The fourth-order valence-electron chi connectivity index (χ4n) is 3.95. The molecule has 0 radical (unpaired) electrons. The summed E-state index contributed by atoms with van der Waals surface area (Å²) in [6.45, 7) is 2.69. The Hall–Kier alpha value is -2.24. The summed E-state index contributed by atoms with van der Waals surface area (Å²) in [6, 6.07) is 5.30. The highest BCUT2D eigenvalue weighted by Crippen LogP contribution is 2.49. The number of para-hydroxylation sites is 1. The maximum absolute atomic E-state index is 12.6. The first-order chi connectivity index (χ1) is 11.0. The van der Waals surface area contributed by atoms with Gasteiger partial charge >= 0.3 is 12.0 Å². The number of carboxylic acid groups (broad SMARTS) is 1. The molecule has 0 unspecified atom stereocenters. The van der Waals surface area contributed by atoms with E-state index in [0.29, 0.717) is 24.4 Å². The molecule has 0 bridgehead atoms. The van der Waals surface area contributed by atoms with Crippen LogP contribution in [0.25, 0.3) is 0 Å². The monoisotopic (exact) mass is 318 g/mol. The molecular formula is C17H22N2O4. The number of aryl methyl sites for hydroxylation is 1. The lowest BCUT2D eigenvalue weighted by Crippen LogP contribution is -2.38. The van der Waals surface area contributed by atoms with Crippen molar-refractivity contribution in [2.75, 3.05) is 25.5 Å². The number of carbonyl (C=O) groups is 2. The lowest BCUT2D eigenvalue weighted by Gasteiger charge is -2.23. The highest BCUT2D eigenvalue weighted by atomic mass is 16.5. The molecule has 2 N–H and O–H groups in total. The van der Waals surface area contributed by atoms with E-state index in [9.17, 15) is 14.7 Å². The minimum atomic E-state index is -0.774. The van der Waals surface area contributed by atoms with E-state index in [2.05, 4.69) is 5.32 Å². The smallest absolute Gasteiger partial charge is 0.321 e. The predicted molar refractivity (Wildman–Crippen MR) is 85.7 cm³/mol. The van der Waals surface area contributed by atoms with Crippen molar-refractivity contribution in [3.63, 3.8) is 0 Å².